The maximum absolute atomic E-state index is 12.6. The van der Waals surface area contributed by atoms with E-state index in [1.165, 1.54) is 0 Å². The van der Waals surface area contributed by atoms with Gasteiger partial charge in [-0.3, -0.25) is 4.98 Å². The number of piperidine rings is 1. The van der Waals surface area contributed by atoms with E-state index < -0.39 is 5.60 Å². The molecule has 1 unspecified atom stereocenters. The van der Waals surface area contributed by atoms with E-state index in [4.69, 9.17) is 4.74 Å². The lowest BCUT2D eigenvalue weighted by Crippen LogP contribution is -2.52. The Morgan fingerprint density at radius 2 is 1.88 bits per heavy atom. The number of benzene rings is 1. The Bertz CT molecular complexity index is 721. The number of hydrogen-bond donors (Lipinski definition) is 1. The highest BCUT2D eigenvalue weighted by Gasteiger charge is 2.50. The fourth-order valence-electron chi connectivity index (χ4n) is 4.19. The number of rotatable bonds is 3. The Labute approximate surface area is 147 Å². The molecule has 0 spiro atoms. The van der Waals surface area contributed by atoms with Crippen LogP contribution in [0, 0.1) is 0 Å². The number of nitrogens with zero attached hydrogens (tertiary/aromatic N) is 2. The molecule has 2 aliphatic heterocycles. The van der Waals surface area contributed by atoms with Gasteiger partial charge in [0.15, 0.2) is 0 Å². The van der Waals surface area contributed by atoms with Crippen LogP contribution in [0.3, 0.4) is 0 Å². The monoisotopic (exact) mass is 338 g/mol. The predicted octanol–water partition coefficient (Wildman–Crippen LogP) is 3.23. The van der Waals surface area contributed by atoms with Crippen LogP contribution in [0.1, 0.15) is 36.8 Å². The number of carbonyl (C=O) groups is 1. The predicted molar refractivity (Wildman–Crippen MR) is 92.6 cm³/mol. The van der Waals surface area contributed by atoms with Gasteiger partial charge in [0.1, 0.15) is 6.61 Å². The van der Waals surface area contributed by atoms with Crippen molar-refractivity contribution in [3.05, 3.63) is 66.0 Å². The van der Waals surface area contributed by atoms with E-state index >= 15 is 0 Å². The van der Waals surface area contributed by atoms with Gasteiger partial charge < -0.3 is 14.7 Å². The van der Waals surface area contributed by atoms with Crippen molar-refractivity contribution in [3.8, 4) is 0 Å². The molecule has 2 saturated heterocycles. The van der Waals surface area contributed by atoms with Gasteiger partial charge in [-0.25, -0.2) is 4.79 Å². The van der Waals surface area contributed by atoms with E-state index in [-0.39, 0.29) is 24.8 Å². The number of aliphatic hydroxyl groups is 1. The van der Waals surface area contributed by atoms with Gasteiger partial charge in [0.2, 0.25) is 0 Å². The van der Waals surface area contributed by atoms with Crippen molar-refractivity contribution in [2.45, 2.75) is 50.0 Å². The summed E-state index contributed by atoms with van der Waals surface area (Å²) in [6, 6.07) is 13.5. The Balaban J connectivity index is 1.44. The zero-order valence-corrected chi connectivity index (χ0v) is 14.0. The van der Waals surface area contributed by atoms with Crippen molar-refractivity contribution in [2.75, 3.05) is 0 Å². The molecule has 1 amide bonds. The number of fused-ring (bicyclic) bond motifs is 2. The van der Waals surface area contributed by atoms with Gasteiger partial charge in [-0.2, -0.15) is 0 Å². The fourth-order valence-corrected chi connectivity index (χ4v) is 4.19. The maximum Gasteiger partial charge on any atom is 0.410 e. The molecule has 3 heterocycles. The van der Waals surface area contributed by atoms with E-state index in [0.29, 0.717) is 12.8 Å². The Morgan fingerprint density at radius 3 is 2.52 bits per heavy atom. The summed E-state index contributed by atoms with van der Waals surface area (Å²) in [5.74, 6) is 0. The van der Waals surface area contributed by atoms with Crippen LogP contribution < -0.4 is 0 Å². The van der Waals surface area contributed by atoms with Crippen LogP contribution in [0.4, 0.5) is 4.79 Å². The number of hydrogen-bond acceptors (Lipinski definition) is 4. The minimum atomic E-state index is -0.906. The number of ether oxygens (including phenoxy) is 1. The van der Waals surface area contributed by atoms with Crippen molar-refractivity contribution in [2.24, 2.45) is 0 Å². The van der Waals surface area contributed by atoms with Gasteiger partial charge in [0, 0.05) is 42.9 Å². The molecular formula is C20H22N2O3. The molecule has 2 aliphatic rings. The zero-order chi connectivity index (χ0) is 17.3. The molecule has 2 fully saturated rings. The smallest absolute Gasteiger partial charge is 0.410 e. The topological polar surface area (TPSA) is 62.7 Å². The molecule has 5 heteroatoms. The van der Waals surface area contributed by atoms with Gasteiger partial charge in [-0.05, 0) is 24.5 Å². The summed E-state index contributed by atoms with van der Waals surface area (Å²) in [6.45, 7) is 0.280. The quantitative estimate of drug-likeness (QED) is 0.933. The third-order valence-electron chi connectivity index (χ3n) is 5.38. The first-order valence-electron chi connectivity index (χ1n) is 8.78. The summed E-state index contributed by atoms with van der Waals surface area (Å²) in [4.78, 5) is 18.6. The first kappa shape index (κ1) is 16.1. The minimum absolute atomic E-state index is 0.0206. The van der Waals surface area contributed by atoms with Crippen molar-refractivity contribution in [1.82, 2.24) is 9.88 Å². The lowest BCUT2D eigenvalue weighted by molar-refractivity contribution is -0.0538. The van der Waals surface area contributed by atoms with Gasteiger partial charge in [-0.1, -0.05) is 36.4 Å². The Hall–Kier alpha value is -2.40. The van der Waals surface area contributed by atoms with Gasteiger partial charge >= 0.3 is 6.09 Å². The van der Waals surface area contributed by atoms with Crippen molar-refractivity contribution < 1.29 is 14.6 Å². The molecule has 5 nitrogen and oxygen atoms in total. The van der Waals surface area contributed by atoms with Crippen molar-refractivity contribution in [3.63, 3.8) is 0 Å². The summed E-state index contributed by atoms with van der Waals surface area (Å²) >= 11 is 0. The first-order valence-corrected chi connectivity index (χ1v) is 8.78. The van der Waals surface area contributed by atoms with E-state index in [0.717, 1.165) is 24.0 Å². The third kappa shape index (κ3) is 3.12. The Morgan fingerprint density at radius 1 is 1.16 bits per heavy atom. The van der Waals surface area contributed by atoms with Crippen molar-refractivity contribution >= 4 is 6.09 Å². The molecule has 1 aromatic carbocycles. The molecule has 130 valence electrons. The summed E-state index contributed by atoms with van der Waals surface area (Å²) in [6.07, 6.45) is 6.05. The summed E-state index contributed by atoms with van der Waals surface area (Å²) in [7, 11) is 0. The molecule has 0 aliphatic carbocycles. The van der Waals surface area contributed by atoms with Crippen LogP contribution in [-0.4, -0.2) is 33.2 Å². The van der Waals surface area contributed by atoms with Gasteiger partial charge in [0.25, 0.3) is 0 Å². The minimum Gasteiger partial charge on any atom is -0.445 e. The second-order valence-corrected chi connectivity index (χ2v) is 7.01. The van der Waals surface area contributed by atoms with Gasteiger partial charge in [-0.15, -0.1) is 0 Å². The van der Waals surface area contributed by atoms with E-state index in [1.54, 1.807) is 12.4 Å². The molecule has 25 heavy (non-hydrogen) atoms. The van der Waals surface area contributed by atoms with Crippen LogP contribution in [0.2, 0.25) is 0 Å². The average molecular weight is 338 g/mol. The van der Waals surface area contributed by atoms with E-state index in [2.05, 4.69) is 4.98 Å². The molecule has 2 bridgehead atoms. The summed E-state index contributed by atoms with van der Waals surface area (Å²) in [5.41, 5.74) is 0.910. The van der Waals surface area contributed by atoms with Crippen LogP contribution in [0.5, 0.6) is 0 Å². The van der Waals surface area contributed by atoms with E-state index in [1.807, 2.05) is 47.4 Å². The first-order chi connectivity index (χ1) is 12.2. The third-order valence-corrected chi connectivity index (χ3v) is 5.38. The summed E-state index contributed by atoms with van der Waals surface area (Å²) < 4.78 is 5.52. The lowest BCUT2D eigenvalue weighted by atomic mass is 9.81. The lowest BCUT2D eigenvalue weighted by Gasteiger charge is -2.43. The van der Waals surface area contributed by atoms with Gasteiger partial charge in [0.05, 0.1) is 5.60 Å². The largest absolute Gasteiger partial charge is 0.445 e. The second-order valence-electron chi connectivity index (χ2n) is 7.01. The molecule has 3 atom stereocenters. The molecular weight excluding hydrogens is 316 g/mol. The summed E-state index contributed by atoms with van der Waals surface area (Å²) in [5, 5.41) is 11.1. The normalized spacial score (nSPS) is 28.0. The van der Waals surface area contributed by atoms with Crippen LogP contribution in [0.15, 0.2) is 54.9 Å². The highest BCUT2D eigenvalue weighted by Crippen LogP contribution is 2.45. The molecule has 1 aromatic heterocycles. The number of aromatic nitrogens is 1. The highest BCUT2D eigenvalue weighted by atomic mass is 16.6. The fraction of sp³-hybridized carbons (Fsp3) is 0.400. The second kappa shape index (κ2) is 6.48. The molecule has 0 saturated carbocycles. The van der Waals surface area contributed by atoms with Crippen LogP contribution >= 0.6 is 0 Å². The molecule has 4 rings (SSSR count). The number of pyridine rings is 1. The standard InChI is InChI=1S/C20H22N2O3/c23-19(25-14-15-5-2-1-3-6-15)22-17-8-9-18(22)12-20(24,11-17)16-7-4-10-21-13-16/h1-7,10,13,17-18,24H,8-9,11-12,14H2/t17-,18+,20?. The molecule has 1 N–H and O–H groups in total. The van der Waals surface area contributed by atoms with E-state index in [9.17, 15) is 9.90 Å². The Kier molecular flexibility index (Phi) is 4.17. The van der Waals surface area contributed by atoms with Crippen LogP contribution in [0.25, 0.3) is 0 Å². The SMILES string of the molecule is O=C(OCc1ccccc1)N1[C@@H]2CC[C@H]1CC(O)(c1cccnc1)C2. The number of amides is 1. The van der Waals surface area contributed by atoms with Crippen LogP contribution in [-0.2, 0) is 16.9 Å². The zero-order valence-electron chi connectivity index (χ0n) is 14.0. The van der Waals surface area contributed by atoms with Crippen molar-refractivity contribution in [1.29, 1.82) is 0 Å². The molecule has 0 radical (unpaired) electrons. The highest BCUT2D eigenvalue weighted by molar-refractivity contribution is 5.69. The molecule has 2 aromatic rings. The maximum atomic E-state index is 12.6. The number of carbonyl (C=O) groups excluding carboxylic acids is 1. The average Bonchev–Trinajstić information content (AvgIpc) is 2.93.